The van der Waals surface area contributed by atoms with Crippen molar-refractivity contribution in [2.24, 2.45) is 0 Å². The summed E-state index contributed by atoms with van der Waals surface area (Å²) < 4.78 is 31.7. The summed E-state index contributed by atoms with van der Waals surface area (Å²) >= 11 is 0. The first kappa shape index (κ1) is 16.1. The van der Waals surface area contributed by atoms with E-state index in [0.717, 1.165) is 11.3 Å². The van der Waals surface area contributed by atoms with E-state index in [-0.39, 0.29) is 23.8 Å². The van der Waals surface area contributed by atoms with Crippen LogP contribution in [-0.4, -0.2) is 47.9 Å². The van der Waals surface area contributed by atoms with Gasteiger partial charge in [0.05, 0.1) is 12.0 Å². The molecule has 0 radical (unpaired) electrons. The van der Waals surface area contributed by atoms with Crippen LogP contribution in [0, 0.1) is 0 Å². The predicted molar refractivity (Wildman–Crippen MR) is 89.5 cm³/mol. The molecule has 4 rings (SSSR count). The molecular formula is C16H18N4O4S. The Morgan fingerprint density at radius 3 is 2.68 bits per heavy atom. The fourth-order valence-corrected chi connectivity index (χ4v) is 4.74. The first-order chi connectivity index (χ1) is 12.1. The minimum absolute atomic E-state index is 0.0219. The molecule has 25 heavy (non-hydrogen) atoms. The number of rotatable bonds is 3. The van der Waals surface area contributed by atoms with Crippen LogP contribution in [-0.2, 0) is 21.4 Å². The number of H-pyrrole nitrogens is 1. The number of aromatic amines is 1. The van der Waals surface area contributed by atoms with Crippen LogP contribution in [0.1, 0.15) is 18.4 Å². The molecule has 0 atom stereocenters. The van der Waals surface area contributed by atoms with Crippen LogP contribution in [0.4, 0.5) is 10.5 Å². The number of hydrogen-bond acceptors (Lipinski definition) is 5. The number of carbonyl (C=O) groups excluding carboxylic acids is 1. The number of cyclic esters (lactones) is 1. The van der Waals surface area contributed by atoms with Gasteiger partial charge in [0.1, 0.15) is 6.61 Å². The zero-order valence-electron chi connectivity index (χ0n) is 13.5. The number of piperidine rings is 1. The maximum atomic E-state index is 12.5. The average Bonchev–Trinajstić information content (AvgIpc) is 3.17. The van der Waals surface area contributed by atoms with Gasteiger partial charge in [-0.15, -0.1) is 0 Å². The Labute approximate surface area is 145 Å². The molecule has 1 amide bonds. The normalized spacial score (nSPS) is 19.5. The number of fused-ring (bicyclic) bond motifs is 1. The number of anilines is 1. The van der Waals surface area contributed by atoms with E-state index in [9.17, 15) is 13.2 Å². The number of nitrogens with one attached hydrogen (secondary N) is 1. The average molecular weight is 362 g/mol. The van der Waals surface area contributed by atoms with Crippen LogP contribution in [0.2, 0.25) is 0 Å². The number of nitrogens with zero attached hydrogens (tertiary/aromatic N) is 3. The molecule has 2 aromatic rings. The van der Waals surface area contributed by atoms with E-state index >= 15 is 0 Å². The van der Waals surface area contributed by atoms with Crippen LogP contribution in [0.15, 0.2) is 41.8 Å². The van der Waals surface area contributed by atoms with E-state index in [4.69, 9.17) is 4.74 Å². The van der Waals surface area contributed by atoms with Gasteiger partial charge in [-0.1, -0.05) is 18.2 Å². The Balaban J connectivity index is 1.52. The third kappa shape index (κ3) is 2.79. The number of sulfonamides is 1. The maximum absolute atomic E-state index is 12.5. The van der Waals surface area contributed by atoms with Crippen LogP contribution < -0.4 is 4.90 Å². The van der Waals surface area contributed by atoms with E-state index in [1.54, 1.807) is 4.90 Å². The van der Waals surface area contributed by atoms with Gasteiger partial charge in [-0.3, -0.25) is 4.90 Å². The zero-order chi connectivity index (χ0) is 17.4. The molecule has 9 heteroatoms. The van der Waals surface area contributed by atoms with Crippen molar-refractivity contribution >= 4 is 21.8 Å². The topological polar surface area (TPSA) is 95.6 Å². The number of carbonyl (C=O) groups is 1. The van der Waals surface area contributed by atoms with Crippen LogP contribution >= 0.6 is 0 Å². The molecule has 0 bridgehead atoms. The van der Waals surface area contributed by atoms with Gasteiger partial charge >= 0.3 is 6.09 Å². The van der Waals surface area contributed by atoms with Crippen molar-refractivity contribution in [3.8, 4) is 0 Å². The standard InChI is InChI=1S/C16H18N4O4S/c21-16-20(14-4-2-1-3-12(14)10-24-16)13-5-7-19(8-6-13)25(22,23)15-9-17-11-18-15/h1-4,9,11,13H,5-8,10H2,(H,17,18). The van der Waals surface area contributed by atoms with Crippen molar-refractivity contribution in [1.29, 1.82) is 0 Å². The van der Waals surface area contributed by atoms with Crippen LogP contribution in [0.3, 0.4) is 0 Å². The van der Waals surface area contributed by atoms with E-state index in [0.29, 0.717) is 25.9 Å². The molecule has 0 spiro atoms. The second kappa shape index (κ2) is 6.16. The van der Waals surface area contributed by atoms with E-state index in [1.807, 2.05) is 24.3 Å². The lowest BCUT2D eigenvalue weighted by Gasteiger charge is -2.39. The van der Waals surface area contributed by atoms with Gasteiger partial charge in [-0.2, -0.15) is 4.31 Å². The van der Waals surface area contributed by atoms with Crippen molar-refractivity contribution in [2.45, 2.75) is 30.5 Å². The molecule has 2 aliphatic heterocycles. The Morgan fingerprint density at radius 1 is 1.20 bits per heavy atom. The fourth-order valence-electron chi connectivity index (χ4n) is 3.38. The summed E-state index contributed by atoms with van der Waals surface area (Å²) in [7, 11) is -3.59. The van der Waals surface area contributed by atoms with E-state index in [1.165, 1.54) is 16.8 Å². The Morgan fingerprint density at radius 2 is 1.96 bits per heavy atom. The summed E-state index contributed by atoms with van der Waals surface area (Å²) in [5.74, 6) is 0. The Bertz CT molecular complexity index is 873. The number of aromatic nitrogens is 2. The third-order valence-electron chi connectivity index (χ3n) is 4.66. The highest BCUT2D eigenvalue weighted by atomic mass is 32.2. The molecular weight excluding hydrogens is 344 g/mol. The number of imidazole rings is 1. The molecule has 132 valence electrons. The predicted octanol–water partition coefficient (Wildman–Crippen LogP) is 1.72. The van der Waals surface area contributed by atoms with E-state index in [2.05, 4.69) is 9.97 Å². The van der Waals surface area contributed by atoms with Crippen LogP contribution in [0.25, 0.3) is 0 Å². The minimum Gasteiger partial charge on any atom is -0.444 e. The molecule has 1 saturated heterocycles. The molecule has 3 heterocycles. The largest absolute Gasteiger partial charge is 0.444 e. The van der Waals surface area contributed by atoms with Gasteiger partial charge in [0.15, 0.2) is 5.03 Å². The number of ether oxygens (including phenoxy) is 1. The van der Waals surface area contributed by atoms with Crippen molar-refractivity contribution in [1.82, 2.24) is 14.3 Å². The highest BCUT2D eigenvalue weighted by molar-refractivity contribution is 7.89. The smallest absolute Gasteiger partial charge is 0.414 e. The zero-order valence-corrected chi connectivity index (χ0v) is 14.3. The summed E-state index contributed by atoms with van der Waals surface area (Å²) in [5.41, 5.74) is 1.82. The highest BCUT2D eigenvalue weighted by Gasteiger charge is 2.37. The summed E-state index contributed by atoms with van der Waals surface area (Å²) in [4.78, 5) is 20.5. The molecule has 0 aliphatic carbocycles. The lowest BCUT2D eigenvalue weighted by atomic mass is 10.0. The monoisotopic (exact) mass is 362 g/mol. The fraction of sp³-hybridized carbons (Fsp3) is 0.375. The molecule has 1 aromatic carbocycles. The molecule has 0 saturated carbocycles. The van der Waals surface area contributed by atoms with Gasteiger partial charge in [0.25, 0.3) is 10.0 Å². The molecule has 8 nitrogen and oxygen atoms in total. The second-order valence-corrected chi connectivity index (χ2v) is 7.98. The lowest BCUT2D eigenvalue weighted by molar-refractivity contribution is 0.136. The SMILES string of the molecule is O=C1OCc2ccccc2N1C1CCN(S(=O)(=O)c2c[nH]cn2)CC1. The quantitative estimate of drug-likeness (QED) is 0.897. The Kier molecular flexibility index (Phi) is 3.97. The number of amides is 1. The summed E-state index contributed by atoms with van der Waals surface area (Å²) in [6.07, 6.45) is 3.45. The molecule has 1 aromatic heterocycles. The molecule has 2 aliphatic rings. The lowest BCUT2D eigenvalue weighted by Crippen LogP contribution is -2.50. The van der Waals surface area contributed by atoms with Crippen molar-refractivity contribution in [2.75, 3.05) is 18.0 Å². The highest BCUT2D eigenvalue weighted by Crippen LogP contribution is 2.32. The molecule has 1 fully saturated rings. The first-order valence-corrected chi connectivity index (χ1v) is 9.54. The van der Waals surface area contributed by atoms with Crippen molar-refractivity contribution in [3.63, 3.8) is 0 Å². The van der Waals surface area contributed by atoms with E-state index < -0.39 is 10.0 Å². The third-order valence-corrected chi connectivity index (χ3v) is 6.46. The van der Waals surface area contributed by atoms with Gasteiger partial charge in [-0.05, 0) is 18.9 Å². The summed E-state index contributed by atoms with van der Waals surface area (Å²) in [6, 6.07) is 7.56. The minimum atomic E-state index is -3.59. The maximum Gasteiger partial charge on any atom is 0.414 e. The van der Waals surface area contributed by atoms with Gasteiger partial charge in [-0.25, -0.2) is 18.2 Å². The molecule has 1 N–H and O–H groups in total. The van der Waals surface area contributed by atoms with Gasteiger partial charge in [0.2, 0.25) is 0 Å². The van der Waals surface area contributed by atoms with Crippen molar-refractivity contribution < 1.29 is 17.9 Å². The second-order valence-electron chi connectivity index (χ2n) is 6.10. The Hall–Kier alpha value is -2.39. The first-order valence-electron chi connectivity index (χ1n) is 8.10. The van der Waals surface area contributed by atoms with Crippen molar-refractivity contribution in [3.05, 3.63) is 42.4 Å². The number of para-hydroxylation sites is 1. The summed E-state index contributed by atoms with van der Waals surface area (Å²) in [6.45, 7) is 0.954. The number of hydrogen-bond donors (Lipinski definition) is 1. The van der Waals surface area contributed by atoms with Gasteiger partial charge in [0, 0.05) is 30.9 Å². The number of benzene rings is 1. The van der Waals surface area contributed by atoms with Gasteiger partial charge < -0.3 is 9.72 Å². The summed E-state index contributed by atoms with van der Waals surface area (Å²) in [5, 5.41) is 0.0219. The molecule has 0 unspecified atom stereocenters. The van der Waals surface area contributed by atoms with Crippen LogP contribution in [0.5, 0.6) is 0 Å².